The number of hydrogen-bond acceptors (Lipinski definition) is 0. The summed E-state index contributed by atoms with van der Waals surface area (Å²) in [5.41, 5.74) is -0.674. The molecule has 2 nitrogen and oxygen atoms in total. The third-order valence-corrected chi connectivity index (χ3v) is 1.16. The highest BCUT2D eigenvalue weighted by Gasteiger charge is 2.40. The van der Waals surface area contributed by atoms with E-state index in [-0.39, 0.29) is 0 Å². The van der Waals surface area contributed by atoms with Crippen LogP contribution in [0.25, 0.3) is 0 Å². The van der Waals surface area contributed by atoms with E-state index in [2.05, 4.69) is 5.10 Å². The van der Waals surface area contributed by atoms with Gasteiger partial charge in [0.25, 0.3) is 0 Å². The molecule has 10 heavy (non-hydrogen) atoms. The van der Waals surface area contributed by atoms with Crippen molar-refractivity contribution in [1.82, 2.24) is 5.10 Å². The minimum absolute atomic E-state index is 0.674. The molecule has 0 fully saturated rings. The maximum atomic E-state index is 11.8. The van der Waals surface area contributed by atoms with Gasteiger partial charge in [-0.1, -0.05) is 0 Å². The number of H-pyrrole nitrogens is 1. The van der Waals surface area contributed by atoms with Crippen LogP contribution in [0.4, 0.5) is 13.2 Å². The molecule has 1 heterocycles. The van der Waals surface area contributed by atoms with Crippen molar-refractivity contribution in [1.29, 1.82) is 0 Å². The van der Waals surface area contributed by atoms with Crippen LogP contribution in [0.3, 0.4) is 0 Å². The molecule has 1 N–H and O–H groups in total. The Morgan fingerprint density at radius 2 is 2.10 bits per heavy atom. The predicted molar refractivity (Wildman–Crippen MR) is 27.0 cm³/mol. The lowest BCUT2D eigenvalue weighted by molar-refractivity contribution is -0.743. The van der Waals surface area contributed by atoms with E-state index in [1.165, 1.54) is 13.2 Å². The van der Waals surface area contributed by atoms with E-state index < -0.39 is 11.9 Å². The van der Waals surface area contributed by atoms with E-state index >= 15 is 0 Å². The summed E-state index contributed by atoms with van der Waals surface area (Å²) in [7, 11) is 1.31. The average molecular weight is 151 g/mol. The second-order valence-corrected chi connectivity index (χ2v) is 1.90. The van der Waals surface area contributed by atoms with Gasteiger partial charge in [-0.05, 0) is 0 Å². The van der Waals surface area contributed by atoms with Crippen molar-refractivity contribution in [2.45, 2.75) is 6.18 Å². The Kier molecular flexibility index (Phi) is 1.42. The maximum absolute atomic E-state index is 11.8. The van der Waals surface area contributed by atoms with Crippen LogP contribution in [0.2, 0.25) is 0 Å². The van der Waals surface area contributed by atoms with Crippen molar-refractivity contribution < 1.29 is 17.9 Å². The van der Waals surface area contributed by atoms with Crippen molar-refractivity contribution in [2.75, 3.05) is 0 Å². The maximum Gasteiger partial charge on any atom is 0.479 e. The Labute approximate surface area is 55.3 Å². The van der Waals surface area contributed by atoms with Gasteiger partial charge in [0, 0.05) is 6.07 Å². The first kappa shape index (κ1) is 7.11. The first-order valence-corrected chi connectivity index (χ1v) is 2.62. The number of halogens is 3. The molecule has 0 saturated carbocycles. The molecular weight excluding hydrogens is 145 g/mol. The Morgan fingerprint density at radius 1 is 1.50 bits per heavy atom. The second-order valence-electron chi connectivity index (χ2n) is 1.90. The summed E-state index contributed by atoms with van der Waals surface area (Å²) in [6.07, 6.45) is -3.02. The highest BCUT2D eigenvalue weighted by Crippen LogP contribution is 2.25. The largest absolute Gasteiger partial charge is 0.479 e. The van der Waals surface area contributed by atoms with E-state index in [0.717, 1.165) is 10.7 Å². The fourth-order valence-corrected chi connectivity index (χ4v) is 0.694. The van der Waals surface area contributed by atoms with Gasteiger partial charge in [-0.25, -0.2) is 0 Å². The van der Waals surface area contributed by atoms with Crippen LogP contribution in [0.15, 0.2) is 12.3 Å². The van der Waals surface area contributed by atoms with Gasteiger partial charge in [-0.2, -0.15) is 18.3 Å². The number of aromatic nitrogens is 2. The van der Waals surface area contributed by atoms with Crippen LogP contribution in [0.5, 0.6) is 0 Å². The average Bonchev–Trinajstić information content (AvgIpc) is 2.11. The fraction of sp³-hybridized carbons (Fsp3) is 0.400. The van der Waals surface area contributed by atoms with Crippen molar-refractivity contribution >= 4 is 0 Å². The number of nitrogens with zero attached hydrogens (tertiary/aromatic N) is 1. The lowest BCUT2D eigenvalue weighted by Crippen LogP contribution is -2.38. The molecule has 0 radical (unpaired) electrons. The molecule has 0 aromatic carbocycles. The Balaban J connectivity index is 3.05. The van der Waals surface area contributed by atoms with Gasteiger partial charge in [0.05, 0.1) is 6.20 Å². The standard InChI is InChI=1S/C5H5F3N2/c1-10-4(2-3-9-10)5(6,7)8/h2-3H,1H3/p+1. The monoisotopic (exact) mass is 151 g/mol. The van der Waals surface area contributed by atoms with E-state index in [1.807, 2.05) is 0 Å². The lowest BCUT2D eigenvalue weighted by atomic mass is 10.4. The number of alkyl halides is 3. The van der Waals surface area contributed by atoms with E-state index in [1.54, 1.807) is 0 Å². The molecule has 0 aliphatic carbocycles. The SMILES string of the molecule is C[n+]1[nH]ccc1C(F)(F)F. The number of nitrogens with one attached hydrogen (secondary N) is 1. The second kappa shape index (κ2) is 2.00. The van der Waals surface area contributed by atoms with Crippen LogP contribution in [0, 0.1) is 0 Å². The molecule has 5 heteroatoms. The zero-order valence-corrected chi connectivity index (χ0v) is 5.24. The van der Waals surface area contributed by atoms with Crippen molar-refractivity contribution in [2.24, 2.45) is 7.05 Å². The smallest absolute Gasteiger partial charge is 0.173 e. The van der Waals surface area contributed by atoms with Gasteiger partial charge < -0.3 is 0 Å². The molecule has 1 aromatic heterocycles. The Morgan fingerprint density at radius 3 is 2.30 bits per heavy atom. The molecule has 0 bridgehead atoms. The molecule has 0 saturated heterocycles. The summed E-state index contributed by atoms with van der Waals surface area (Å²) >= 11 is 0. The summed E-state index contributed by atoms with van der Waals surface area (Å²) in [5, 5.41) is 2.37. The molecular formula is C5H6F3N2+. The van der Waals surface area contributed by atoms with Gasteiger partial charge in [0.1, 0.15) is 0 Å². The molecule has 0 unspecified atom stereocenters. The Bertz CT molecular complexity index is 225. The highest BCUT2D eigenvalue weighted by molar-refractivity contribution is 4.95. The summed E-state index contributed by atoms with van der Waals surface area (Å²) in [6.45, 7) is 0. The van der Waals surface area contributed by atoms with Gasteiger partial charge >= 0.3 is 11.9 Å². The summed E-state index contributed by atoms with van der Waals surface area (Å²) < 4.78 is 36.4. The number of aromatic amines is 1. The molecule has 0 aliphatic heterocycles. The van der Waals surface area contributed by atoms with Crippen molar-refractivity contribution in [3.63, 3.8) is 0 Å². The number of aryl methyl sites for hydroxylation is 1. The van der Waals surface area contributed by atoms with Crippen LogP contribution in [-0.4, -0.2) is 5.10 Å². The van der Waals surface area contributed by atoms with Crippen LogP contribution >= 0.6 is 0 Å². The topological polar surface area (TPSA) is 19.7 Å². The van der Waals surface area contributed by atoms with Crippen molar-refractivity contribution in [3.05, 3.63) is 18.0 Å². The highest BCUT2D eigenvalue weighted by atomic mass is 19.4. The molecule has 0 atom stereocenters. The normalized spacial score (nSPS) is 12.0. The number of hydrogen-bond donors (Lipinski definition) is 1. The van der Waals surface area contributed by atoms with Crippen LogP contribution in [-0.2, 0) is 13.2 Å². The van der Waals surface area contributed by atoms with Crippen molar-refractivity contribution in [3.8, 4) is 0 Å². The third kappa shape index (κ3) is 1.12. The van der Waals surface area contributed by atoms with Gasteiger partial charge in [0.2, 0.25) is 0 Å². The minimum Gasteiger partial charge on any atom is -0.173 e. The molecule has 0 amide bonds. The fourth-order valence-electron chi connectivity index (χ4n) is 0.694. The van der Waals surface area contributed by atoms with Crippen LogP contribution in [0.1, 0.15) is 5.69 Å². The van der Waals surface area contributed by atoms with Crippen LogP contribution < -0.4 is 4.68 Å². The zero-order valence-electron chi connectivity index (χ0n) is 5.24. The van der Waals surface area contributed by atoms with E-state index in [9.17, 15) is 13.2 Å². The Hall–Kier alpha value is -1.00. The quantitative estimate of drug-likeness (QED) is 0.530. The first-order chi connectivity index (χ1) is 4.52. The third-order valence-electron chi connectivity index (χ3n) is 1.16. The van der Waals surface area contributed by atoms with Gasteiger partial charge in [-0.15, -0.1) is 4.68 Å². The first-order valence-electron chi connectivity index (χ1n) is 2.62. The lowest BCUT2D eigenvalue weighted by Gasteiger charge is -1.96. The summed E-state index contributed by atoms with van der Waals surface area (Å²) in [5.74, 6) is 0. The molecule has 0 spiro atoms. The van der Waals surface area contributed by atoms with E-state index in [0.29, 0.717) is 0 Å². The molecule has 0 aliphatic rings. The van der Waals surface area contributed by atoms with Gasteiger partial charge in [-0.3, -0.25) is 0 Å². The predicted octanol–water partition coefficient (Wildman–Crippen LogP) is 0.858. The molecule has 56 valence electrons. The molecule has 1 rings (SSSR count). The summed E-state index contributed by atoms with van der Waals surface area (Å²) in [6, 6.07) is 0.986. The van der Waals surface area contributed by atoms with Gasteiger partial charge in [0.15, 0.2) is 7.05 Å². The summed E-state index contributed by atoms with van der Waals surface area (Å²) in [4.78, 5) is 0. The number of rotatable bonds is 0. The minimum atomic E-state index is -4.26. The molecule has 1 aromatic rings. The van der Waals surface area contributed by atoms with E-state index in [4.69, 9.17) is 0 Å². The zero-order chi connectivity index (χ0) is 7.78.